The lowest BCUT2D eigenvalue weighted by atomic mass is 10.1. The molecule has 168 valence electrons. The lowest BCUT2D eigenvalue weighted by Gasteiger charge is -2.34. The van der Waals surface area contributed by atoms with Gasteiger partial charge >= 0.3 is 0 Å². The molecule has 5 rings (SSSR count). The Bertz CT molecular complexity index is 1010. The molecule has 0 amide bonds. The number of pyridine rings is 1. The topological polar surface area (TPSA) is 45.0 Å². The number of ether oxygens (including phenoxy) is 1. The second kappa shape index (κ2) is 9.86. The highest BCUT2D eigenvalue weighted by atomic mass is 16.5. The molecule has 0 unspecified atom stereocenters. The summed E-state index contributed by atoms with van der Waals surface area (Å²) in [5.74, 6) is 3.01. The summed E-state index contributed by atoms with van der Waals surface area (Å²) >= 11 is 0. The second-order valence-corrected chi connectivity index (χ2v) is 8.89. The van der Waals surface area contributed by atoms with Crippen molar-refractivity contribution in [3.63, 3.8) is 0 Å². The minimum absolute atomic E-state index is 0.713. The van der Waals surface area contributed by atoms with Gasteiger partial charge in [-0.25, -0.2) is 0 Å². The van der Waals surface area contributed by atoms with Crippen LogP contribution >= 0.6 is 0 Å². The summed E-state index contributed by atoms with van der Waals surface area (Å²) in [6.45, 7) is 11.6. The van der Waals surface area contributed by atoms with Crippen LogP contribution < -0.4 is 4.74 Å². The first-order valence-corrected chi connectivity index (χ1v) is 11.6. The third-order valence-corrected chi connectivity index (χ3v) is 6.34. The van der Waals surface area contributed by atoms with Gasteiger partial charge in [-0.1, -0.05) is 12.1 Å². The van der Waals surface area contributed by atoms with Gasteiger partial charge in [-0.3, -0.25) is 19.7 Å². The normalized spacial score (nSPS) is 18.2. The van der Waals surface area contributed by atoms with Gasteiger partial charge in [0, 0.05) is 64.1 Å². The minimum atomic E-state index is 0.713. The van der Waals surface area contributed by atoms with Crippen LogP contribution in [0, 0.1) is 6.92 Å². The van der Waals surface area contributed by atoms with Crippen molar-refractivity contribution in [3.05, 3.63) is 83.1 Å². The summed E-state index contributed by atoms with van der Waals surface area (Å²) in [6.07, 6.45) is 1.88. The van der Waals surface area contributed by atoms with Crippen LogP contribution in [0.3, 0.4) is 0 Å². The van der Waals surface area contributed by atoms with Gasteiger partial charge in [0.1, 0.15) is 23.9 Å². The van der Waals surface area contributed by atoms with Crippen molar-refractivity contribution in [2.24, 2.45) is 0 Å². The number of rotatable bonds is 6. The highest BCUT2D eigenvalue weighted by Gasteiger charge is 2.20. The number of furan rings is 1. The Morgan fingerprint density at radius 2 is 1.69 bits per heavy atom. The zero-order chi connectivity index (χ0) is 21.8. The lowest BCUT2D eigenvalue weighted by molar-refractivity contribution is 0.121. The van der Waals surface area contributed by atoms with E-state index in [0.29, 0.717) is 6.61 Å². The Hall–Kier alpha value is -2.67. The van der Waals surface area contributed by atoms with Crippen molar-refractivity contribution in [2.75, 3.05) is 39.3 Å². The largest absolute Gasteiger partial charge is 0.492 e. The zero-order valence-corrected chi connectivity index (χ0v) is 18.9. The maximum Gasteiger partial charge on any atom is 0.123 e. The highest BCUT2D eigenvalue weighted by molar-refractivity contribution is 5.38. The summed E-state index contributed by atoms with van der Waals surface area (Å²) < 4.78 is 11.8. The van der Waals surface area contributed by atoms with E-state index < -0.39 is 0 Å². The molecule has 2 aliphatic heterocycles. The van der Waals surface area contributed by atoms with Crippen LogP contribution in [0.25, 0.3) is 0 Å². The van der Waals surface area contributed by atoms with Crippen LogP contribution in [-0.2, 0) is 26.2 Å². The third-order valence-electron chi connectivity index (χ3n) is 6.34. The molecule has 0 bridgehead atoms. The number of hydrogen-bond acceptors (Lipinski definition) is 6. The molecule has 1 aromatic carbocycles. The van der Waals surface area contributed by atoms with Crippen LogP contribution in [0.2, 0.25) is 0 Å². The van der Waals surface area contributed by atoms with Crippen LogP contribution in [0.4, 0.5) is 0 Å². The van der Waals surface area contributed by atoms with Crippen molar-refractivity contribution >= 4 is 0 Å². The molecule has 1 fully saturated rings. The smallest absolute Gasteiger partial charge is 0.123 e. The fourth-order valence-electron chi connectivity index (χ4n) is 4.61. The van der Waals surface area contributed by atoms with Crippen molar-refractivity contribution in [2.45, 2.75) is 33.1 Å². The van der Waals surface area contributed by atoms with E-state index in [1.807, 2.05) is 25.3 Å². The Kier molecular flexibility index (Phi) is 6.53. The molecule has 6 nitrogen and oxygen atoms in total. The standard InChI is InChI=1S/C26H32N4O2/c1-21-5-7-25(32-21)20-30-14-15-31-26-8-6-22(16-23(26)18-30)17-28-10-12-29(13-11-28)19-24-4-2-3-9-27-24/h2-9,16H,10-15,17-20H2,1H3. The van der Waals surface area contributed by atoms with E-state index in [4.69, 9.17) is 9.15 Å². The van der Waals surface area contributed by atoms with Crippen LogP contribution in [0.15, 0.2) is 59.1 Å². The third kappa shape index (κ3) is 5.38. The summed E-state index contributed by atoms with van der Waals surface area (Å²) in [5, 5.41) is 0. The van der Waals surface area contributed by atoms with E-state index in [2.05, 4.69) is 56.1 Å². The Labute approximate surface area is 190 Å². The Morgan fingerprint density at radius 1 is 0.844 bits per heavy atom. The van der Waals surface area contributed by atoms with Gasteiger partial charge in [-0.2, -0.15) is 0 Å². The van der Waals surface area contributed by atoms with Gasteiger partial charge in [-0.15, -0.1) is 0 Å². The average Bonchev–Trinajstić information content (AvgIpc) is 3.10. The van der Waals surface area contributed by atoms with Crippen LogP contribution in [0.1, 0.15) is 28.3 Å². The van der Waals surface area contributed by atoms with E-state index in [-0.39, 0.29) is 0 Å². The van der Waals surface area contributed by atoms with E-state index in [1.165, 1.54) is 11.1 Å². The predicted molar refractivity (Wildman–Crippen MR) is 124 cm³/mol. The minimum Gasteiger partial charge on any atom is -0.492 e. The molecule has 3 aromatic rings. The van der Waals surface area contributed by atoms with Crippen molar-refractivity contribution in [3.8, 4) is 5.75 Å². The number of aryl methyl sites for hydroxylation is 1. The van der Waals surface area contributed by atoms with Gasteiger partial charge in [0.25, 0.3) is 0 Å². The van der Waals surface area contributed by atoms with Gasteiger partial charge in [0.15, 0.2) is 0 Å². The molecule has 0 spiro atoms. The van der Waals surface area contributed by atoms with Crippen molar-refractivity contribution < 1.29 is 9.15 Å². The molecule has 2 aromatic heterocycles. The summed E-state index contributed by atoms with van der Waals surface area (Å²) in [4.78, 5) is 11.9. The molecular weight excluding hydrogens is 400 g/mol. The molecule has 0 N–H and O–H groups in total. The average molecular weight is 433 g/mol. The number of nitrogens with zero attached hydrogens (tertiary/aromatic N) is 4. The quantitative estimate of drug-likeness (QED) is 0.592. The summed E-state index contributed by atoms with van der Waals surface area (Å²) in [7, 11) is 0. The molecule has 1 saturated heterocycles. The first-order chi connectivity index (χ1) is 15.7. The van der Waals surface area contributed by atoms with E-state index in [9.17, 15) is 0 Å². The molecule has 32 heavy (non-hydrogen) atoms. The SMILES string of the molecule is Cc1ccc(CN2CCOc3ccc(CN4CCN(Cc5ccccn5)CC4)cc3C2)o1. The van der Waals surface area contributed by atoms with Gasteiger partial charge in [0.05, 0.1) is 12.2 Å². The fraction of sp³-hybridized carbons (Fsp3) is 0.423. The van der Waals surface area contributed by atoms with Gasteiger partial charge < -0.3 is 9.15 Å². The number of aromatic nitrogens is 1. The number of benzene rings is 1. The lowest BCUT2D eigenvalue weighted by Crippen LogP contribution is -2.45. The molecule has 4 heterocycles. The highest BCUT2D eigenvalue weighted by Crippen LogP contribution is 2.26. The van der Waals surface area contributed by atoms with Crippen molar-refractivity contribution in [1.29, 1.82) is 0 Å². The summed E-state index contributed by atoms with van der Waals surface area (Å²) in [5.41, 5.74) is 3.79. The van der Waals surface area contributed by atoms with E-state index in [1.54, 1.807) is 0 Å². The number of piperazine rings is 1. The fourth-order valence-corrected chi connectivity index (χ4v) is 4.61. The second-order valence-electron chi connectivity index (χ2n) is 8.89. The number of fused-ring (bicyclic) bond motifs is 1. The maximum absolute atomic E-state index is 6.04. The van der Waals surface area contributed by atoms with Gasteiger partial charge in [0.2, 0.25) is 0 Å². The molecule has 2 aliphatic rings. The molecular formula is C26H32N4O2. The monoisotopic (exact) mass is 432 g/mol. The van der Waals surface area contributed by atoms with E-state index in [0.717, 1.165) is 81.9 Å². The first kappa shape index (κ1) is 21.2. The molecule has 0 atom stereocenters. The zero-order valence-electron chi connectivity index (χ0n) is 18.9. The Balaban J connectivity index is 1.17. The Morgan fingerprint density at radius 3 is 2.44 bits per heavy atom. The predicted octanol–water partition coefficient (Wildman–Crippen LogP) is 3.70. The first-order valence-electron chi connectivity index (χ1n) is 11.6. The molecule has 0 saturated carbocycles. The van der Waals surface area contributed by atoms with Crippen LogP contribution in [-0.4, -0.2) is 59.0 Å². The van der Waals surface area contributed by atoms with Crippen LogP contribution in [0.5, 0.6) is 5.75 Å². The van der Waals surface area contributed by atoms with Gasteiger partial charge in [-0.05, 0) is 48.9 Å². The molecule has 6 heteroatoms. The molecule has 0 aliphatic carbocycles. The van der Waals surface area contributed by atoms with Crippen molar-refractivity contribution in [1.82, 2.24) is 19.7 Å². The maximum atomic E-state index is 6.04. The van der Waals surface area contributed by atoms with E-state index >= 15 is 0 Å². The summed E-state index contributed by atoms with van der Waals surface area (Å²) in [6, 6.07) is 17.0. The number of hydrogen-bond donors (Lipinski definition) is 0. The molecule has 0 radical (unpaired) electrons.